The molecule has 118 valence electrons. The molecule has 0 bridgehead atoms. The number of hydrogen-bond acceptors (Lipinski definition) is 3. The van der Waals surface area contributed by atoms with Crippen molar-refractivity contribution in [1.82, 2.24) is 19.6 Å². The van der Waals surface area contributed by atoms with E-state index in [1.165, 1.54) is 9.36 Å². The Morgan fingerprint density at radius 1 is 1.13 bits per heavy atom. The summed E-state index contributed by atoms with van der Waals surface area (Å²) < 4.78 is 2.82. The molecule has 0 aliphatic carbocycles. The Morgan fingerprint density at radius 2 is 1.91 bits per heavy atom. The van der Waals surface area contributed by atoms with Crippen molar-refractivity contribution >= 4 is 6.03 Å². The second-order valence-corrected chi connectivity index (χ2v) is 5.39. The maximum Gasteiger partial charge on any atom is 0.369 e. The zero-order valence-corrected chi connectivity index (χ0v) is 13.4. The first-order valence-corrected chi connectivity index (χ1v) is 7.96. The predicted molar refractivity (Wildman–Crippen MR) is 89.5 cm³/mol. The fourth-order valence-corrected chi connectivity index (χ4v) is 2.83. The number of carbonyl (C=O) groups is 1. The summed E-state index contributed by atoms with van der Waals surface area (Å²) in [5.41, 5.74) is 4.05. The van der Waals surface area contributed by atoms with Gasteiger partial charge in [0.15, 0.2) is 0 Å². The van der Waals surface area contributed by atoms with Crippen LogP contribution in [0.5, 0.6) is 0 Å². The molecule has 0 amide bonds. The van der Waals surface area contributed by atoms with Crippen molar-refractivity contribution in [3.05, 3.63) is 60.0 Å². The summed E-state index contributed by atoms with van der Waals surface area (Å²) in [6, 6.07) is 11.5. The minimum Gasteiger partial charge on any atom is -0.244 e. The quantitative estimate of drug-likeness (QED) is 0.737. The first-order chi connectivity index (χ1) is 11.3. The molecule has 0 fully saturated rings. The fraction of sp³-hybridized carbons (Fsp3) is 0.278. The van der Waals surface area contributed by atoms with E-state index in [-0.39, 0.29) is 6.03 Å². The van der Waals surface area contributed by atoms with E-state index in [1.807, 2.05) is 30.3 Å². The maximum atomic E-state index is 12.7. The average molecular weight is 308 g/mol. The molecule has 0 spiro atoms. The van der Waals surface area contributed by atoms with Gasteiger partial charge in [0.2, 0.25) is 0 Å². The summed E-state index contributed by atoms with van der Waals surface area (Å²) in [5, 5.41) is 8.66. The minimum atomic E-state index is -0.244. The molecule has 5 heteroatoms. The van der Waals surface area contributed by atoms with Gasteiger partial charge in [0.05, 0.1) is 11.4 Å². The number of nitrogens with zero attached hydrogens (tertiary/aromatic N) is 4. The Morgan fingerprint density at radius 3 is 2.52 bits per heavy atom. The normalized spacial score (nSPS) is 10.9. The van der Waals surface area contributed by atoms with Crippen molar-refractivity contribution in [2.24, 2.45) is 0 Å². The van der Waals surface area contributed by atoms with E-state index in [2.05, 4.69) is 24.0 Å². The molecule has 3 rings (SSSR count). The monoisotopic (exact) mass is 308 g/mol. The van der Waals surface area contributed by atoms with E-state index in [9.17, 15) is 4.79 Å². The lowest BCUT2D eigenvalue weighted by Crippen LogP contribution is -2.23. The molecule has 0 aliphatic heterocycles. The van der Waals surface area contributed by atoms with E-state index >= 15 is 0 Å². The molecule has 0 atom stereocenters. The van der Waals surface area contributed by atoms with E-state index in [1.54, 1.807) is 18.5 Å². The Kier molecular flexibility index (Phi) is 4.37. The minimum absolute atomic E-state index is 0.244. The van der Waals surface area contributed by atoms with Gasteiger partial charge in [0, 0.05) is 23.5 Å². The first kappa shape index (κ1) is 15.2. The molecular formula is C18H20N4O. The second kappa shape index (κ2) is 6.60. The summed E-state index contributed by atoms with van der Waals surface area (Å²) >= 11 is 0. The molecule has 0 aliphatic rings. The van der Waals surface area contributed by atoms with Crippen molar-refractivity contribution in [3.63, 3.8) is 0 Å². The fourth-order valence-electron chi connectivity index (χ4n) is 2.83. The largest absolute Gasteiger partial charge is 0.369 e. The number of benzene rings is 1. The molecular weight excluding hydrogens is 288 g/mol. The van der Waals surface area contributed by atoms with Crippen molar-refractivity contribution < 1.29 is 4.79 Å². The summed E-state index contributed by atoms with van der Waals surface area (Å²) in [6.45, 7) is 4.19. The third kappa shape index (κ3) is 2.82. The van der Waals surface area contributed by atoms with Crippen LogP contribution in [0.15, 0.2) is 48.8 Å². The second-order valence-electron chi connectivity index (χ2n) is 5.39. The van der Waals surface area contributed by atoms with Gasteiger partial charge < -0.3 is 0 Å². The van der Waals surface area contributed by atoms with Gasteiger partial charge in [-0.1, -0.05) is 50.6 Å². The molecule has 1 aromatic carbocycles. The average Bonchev–Trinajstić information content (AvgIpc) is 3.23. The van der Waals surface area contributed by atoms with Gasteiger partial charge in [-0.2, -0.15) is 19.6 Å². The molecule has 0 radical (unpaired) electrons. The number of rotatable bonds is 4. The van der Waals surface area contributed by atoms with E-state index in [0.717, 1.165) is 41.8 Å². The third-order valence-electron chi connectivity index (χ3n) is 3.85. The molecule has 2 heterocycles. The van der Waals surface area contributed by atoms with E-state index in [4.69, 9.17) is 0 Å². The van der Waals surface area contributed by atoms with Crippen molar-refractivity contribution in [1.29, 1.82) is 0 Å². The van der Waals surface area contributed by atoms with Crippen molar-refractivity contribution in [3.8, 4) is 11.3 Å². The number of hydrogen-bond donors (Lipinski definition) is 0. The highest BCUT2D eigenvalue weighted by Gasteiger charge is 2.22. The maximum absolute atomic E-state index is 12.7. The van der Waals surface area contributed by atoms with Crippen LogP contribution in [0.3, 0.4) is 0 Å². The molecule has 0 saturated heterocycles. The van der Waals surface area contributed by atoms with E-state index in [0.29, 0.717) is 0 Å². The first-order valence-electron chi connectivity index (χ1n) is 7.96. The molecule has 0 saturated carbocycles. The van der Waals surface area contributed by atoms with Crippen LogP contribution >= 0.6 is 0 Å². The van der Waals surface area contributed by atoms with Gasteiger partial charge in [-0.25, -0.2) is 4.79 Å². The molecule has 5 nitrogen and oxygen atoms in total. The zero-order chi connectivity index (χ0) is 16.2. The van der Waals surface area contributed by atoms with Gasteiger partial charge in [0.1, 0.15) is 0 Å². The van der Waals surface area contributed by atoms with Crippen LogP contribution < -0.4 is 0 Å². The Balaban J connectivity index is 2.15. The third-order valence-corrected chi connectivity index (χ3v) is 3.85. The topological polar surface area (TPSA) is 52.7 Å². The van der Waals surface area contributed by atoms with Crippen LogP contribution in [0, 0.1) is 0 Å². The number of aromatic nitrogens is 4. The highest BCUT2D eigenvalue weighted by molar-refractivity contribution is 5.80. The van der Waals surface area contributed by atoms with Gasteiger partial charge in [-0.3, -0.25) is 0 Å². The van der Waals surface area contributed by atoms with E-state index < -0.39 is 0 Å². The predicted octanol–water partition coefficient (Wildman–Crippen LogP) is 3.78. The zero-order valence-electron chi connectivity index (χ0n) is 13.4. The van der Waals surface area contributed by atoms with Crippen molar-refractivity contribution in [2.45, 2.75) is 33.1 Å². The lowest BCUT2D eigenvalue weighted by atomic mass is 10.0. The lowest BCUT2D eigenvalue weighted by Gasteiger charge is -2.06. The Labute approximate surface area is 135 Å². The summed E-state index contributed by atoms with van der Waals surface area (Å²) in [4.78, 5) is 12.7. The molecule has 2 aromatic heterocycles. The molecule has 23 heavy (non-hydrogen) atoms. The van der Waals surface area contributed by atoms with Crippen LogP contribution in [0.25, 0.3) is 11.3 Å². The van der Waals surface area contributed by atoms with Gasteiger partial charge in [0.25, 0.3) is 0 Å². The van der Waals surface area contributed by atoms with Crippen molar-refractivity contribution in [2.75, 3.05) is 0 Å². The summed E-state index contributed by atoms with van der Waals surface area (Å²) in [7, 11) is 0. The SMILES string of the molecule is CCCc1c(-c2ccccc2)nn(C(=O)n2cccn2)c1CC. The Bertz CT molecular complexity index is 788. The van der Waals surface area contributed by atoms with Crippen LogP contribution in [-0.4, -0.2) is 25.6 Å². The molecule has 3 aromatic rings. The standard InChI is InChI=1S/C18H20N4O/c1-3-9-15-16(4-2)22(18(23)21-13-8-12-19-21)20-17(15)14-10-6-5-7-11-14/h5-8,10-13H,3-4,9H2,1-2H3. The number of carbonyl (C=O) groups excluding carboxylic acids is 1. The van der Waals surface area contributed by atoms with Gasteiger partial charge >= 0.3 is 6.03 Å². The molecule has 0 unspecified atom stereocenters. The highest BCUT2D eigenvalue weighted by atomic mass is 16.2. The lowest BCUT2D eigenvalue weighted by molar-refractivity contribution is 0.237. The smallest absolute Gasteiger partial charge is 0.244 e. The van der Waals surface area contributed by atoms with Crippen LogP contribution in [0.2, 0.25) is 0 Å². The Hall–Kier alpha value is -2.69. The molecule has 0 N–H and O–H groups in total. The van der Waals surface area contributed by atoms with Crippen LogP contribution in [0.1, 0.15) is 31.5 Å². The summed E-state index contributed by atoms with van der Waals surface area (Å²) in [6.07, 6.45) is 5.90. The van der Waals surface area contributed by atoms with Crippen LogP contribution in [0.4, 0.5) is 4.79 Å². The van der Waals surface area contributed by atoms with Gasteiger partial charge in [-0.05, 0) is 18.9 Å². The van der Waals surface area contributed by atoms with Crippen LogP contribution in [-0.2, 0) is 12.8 Å². The van der Waals surface area contributed by atoms with Gasteiger partial charge in [-0.15, -0.1) is 0 Å². The summed E-state index contributed by atoms with van der Waals surface area (Å²) in [5.74, 6) is 0. The highest BCUT2D eigenvalue weighted by Crippen LogP contribution is 2.27.